The molecule has 1 aliphatic rings. The molecule has 1 rings (SSSR count). The van der Waals surface area contributed by atoms with Crippen molar-refractivity contribution in [1.82, 2.24) is 0 Å². The van der Waals surface area contributed by atoms with Gasteiger partial charge in [0.25, 0.3) is 0 Å². The molecule has 0 amide bonds. The lowest BCUT2D eigenvalue weighted by Crippen LogP contribution is -2.47. The van der Waals surface area contributed by atoms with Gasteiger partial charge in [0.15, 0.2) is 0 Å². The highest BCUT2D eigenvalue weighted by molar-refractivity contribution is 6.76. The Morgan fingerprint density at radius 3 is 2.20 bits per heavy atom. The Labute approximate surface area is 94.9 Å². The van der Waals surface area contributed by atoms with Crippen LogP contribution in [-0.4, -0.2) is 21.8 Å². The molecule has 0 N–H and O–H groups in total. The van der Waals surface area contributed by atoms with E-state index >= 15 is 0 Å². The number of allylic oxidation sites excluding steroid dienone is 2. The predicted octanol–water partition coefficient (Wildman–Crippen LogP) is 3.56. The Hall–Kier alpha value is -0.123. The lowest BCUT2D eigenvalue weighted by Gasteiger charge is -2.34. The number of rotatable bonds is 6. The molecular formula is C12H24O2Si. The van der Waals surface area contributed by atoms with Gasteiger partial charge in [0.1, 0.15) is 0 Å². The summed E-state index contributed by atoms with van der Waals surface area (Å²) >= 11 is 0. The topological polar surface area (TPSA) is 18.5 Å². The third-order valence-electron chi connectivity index (χ3n) is 2.97. The minimum Gasteiger partial charge on any atom is -0.391 e. The molecule has 0 saturated carbocycles. The van der Waals surface area contributed by atoms with E-state index in [4.69, 9.17) is 8.85 Å². The summed E-state index contributed by atoms with van der Waals surface area (Å²) in [5.74, 6) is 0. The molecule has 1 aliphatic carbocycles. The minimum absolute atomic E-state index is 0.502. The zero-order chi connectivity index (χ0) is 11.3. The van der Waals surface area contributed by atoms with Crippen LogP contribution in [0.5, 0.6) is 0 Å². The van der Waals surface area contributed by atoms with Gasteiger partial charge in [-0.3, -0.25) is 0 Å². The van der Waals surface area contributed by atoms with Crippen molar-refractivity contribution in [3.63, 3.8) is 0 Å². The molecule has 0 aromatic rings. The van der Waals surface area contributed by atoms with E-state index in [1.807, 2.05) is 0 Å². The van der Waals surface area contributed by atoms with E-state index in [-0.39, 0.29) is 0 Å². The van der Waals surface area contributed by atoms with Gasteiger partial charge in [-0.2, -0.15) is 0 Å². The van der Waals surface area contributed by atoms with Gasteiger partial charge in [0.2, 0.25) is 0 Å². The van der Waals surface area contributed by atoms with Crippen LogP contribution in [0.3, 0.4) is 0 Å². The molecule has 0 aliphatic heterocycles. The number of hydrogen-bond acceptors (Lipinski definition) is 2. The summed E-state index contributed by atoms with van der Waals surface area (Å²) in [6.45, 7) is 10.1. The molecule has 0 aromatic carbocycles. The van der Waals surface area contributed by atoms with Gasteiger partial charge in [-0.1, -0.05) is 19.9 Å². The van der Waals surface area contributed by atoms with E-state index < -0.39 is 8.56 Å². The van der Waals surface area contributed by atoms with Crippen LogP contribution in [-0.2, 0) is 8.85 Å². The van der Waals surface area contributed by atoms with E-state index in [0.717, 1.165) is 13.2 Å². The summed E-state index contributed by atoms with van der Waals surface area (Å²) in [6, 6.07) is 0. The van der Waals surface area contributed by atoms with E-state index in [1.165, 1.54) is 24.5 Å². The molecule has 0 atom stereocenters. The Morgan fingerprint density at radius 1 is 1.27 bits per heavy atom. The minimum atomic E-state index is -2.08. The fourth-order valence-corrected chi connectivity index (χ4v) is 6.02. The first-order valence-corrected chi connectivity index (χ1v) is 8.04. The van der Waals surface area contributed by atoms with Gasteiger partial charge in [-0.15, -0.1) is 0 Å². The average molecular weight is 228 g/mol. The Morgan fingerprint density at radius 2 is 1.87 bits per heavy atom. The van der Waals surface area contributed by atoms with Crippen molar-refractivity contribution in [3.05, 3.63) is 11.3 Å². The highest BCUT2D eigenvalue weighted by Gasteiger charge is 2.45. The summed E-state index contributed by atoms with van der Waals surface area (Å²) in [5, 5.41) is 1.49. The highest BCUT2D eigenvalue weighted by atomic mass is 28.4. The van der Waals surface area contributed by atoms with E-state index in [1.54, 1.807) is 0 Å². The van der Waals surface area contributed by atoms with Crippen LogP contribution in [0.4, 0.5) is 0 Å². The largest absolute Gasteiger partial charge is 0.391 e. The fourth-order valence-electron chi connectivity index (χ4n) is 2.35. The van der Waals surface area contributed by atoms with Gasteiger partial charge < -0.3 is 8.85 Å². The molecule has 0 aromatic heterocycles. The van der Waals surface area contributed by atoms with E-state index in [0.29, 0.717) is 5.54 Å². The molecule has 0 radical (unpaired) electrons. The van der Waals surface area contributed by atoms with Gasteiger partial charge in [-0.05, 0) is 38.3 Å². The molecular weight excluding hydrogens is 204 g/mol. The maximum atomic E-state index is 6.06. The van der Waals surface area contributed by atoms with Crippen molar-refractivity contribution in [2.75, 3.05) is 13.2 Å². The molecule has 0 bridgehead atoms. The lowest BCUT2D eigenvalue weighted by molar-refractivity contribution is 0.183. The zero-order valence-corrected chi connectivity index (χ0v) is 11.5. The monoisotopic (exact) mass is 228 g/mol. The van der Waals surface area contributed by atoms with Crippen LogP contribution in [0, 0.1) is 0 Å². The first-order chi connectivity index (χ1) is 7.17. The van der Waals surface area contributed by atoms with Gasteiger partial charge >= 0.3 is 8.56 Å². The second-order valence-corrected chi connectivity index (χ2v) is 8.02. The van der Waals surface area contributed by atoms with Crippen molar-refractivity contribution in [1.29, 1.82) is 0 Å². The molecule has 88 valence electrons. The maximum Gasteiger partial charge on any atom is 0.370 e. The molecule has 0 heterocycles. The SMILES string of the molecule is CCO[Si](OCC)(C1=CCCC1)C(C)C. The van der Waals surface area contributed by atoms with Crippen molar-refractivity contribution >= 4 is 8.56 Å². The maximum absolute atomic E-state index is 6.06. The van der Waals surface area contributed by atoms with Crippen molar-refractivity contribution < 1.29 is 8.85 Å². The molecule has 0 unspecified atom stereocenters. The average Bonchev–Trinajstić information content (AvgIpc) is 2.70. The Bertz CT molecular complexity index is 218. The van der Waals surface area contributed by atoms with Crippen molar-refractivity contribution in [2.24, 2.45) is 0 Å². The number of hydrogen-bond donors (Lipinski definition) is 0. The second kappa shape index (κ2) is 5.82. The normalized spacial score (nSPS) is 17.3. The van der Waals surface area contributed by atoms with E-state index in [9.17, 15) is 0 Å². The highest BCUT2D eigenvalue weighted by Crippen LogP contribution is 2.36. The molecule has 15 heavy (non-hydrogen) atoms. The van der Waals surface area contributed by atoms with Crippen molar-refractivity contribution in [2.45, 2.75) is 52.5 Å². The van der Waals surface area contributed by atoms with Crippen LogP contribution in [0.25, 0.3) is 0 Å². The summed E-state index contributed by atoms with van der Waals surface area (Å²) in [5.41, 5.74) is 0.502. The quantitative estimate of drug-likeness (QED) is 0.647. The van der Waals surface area contributed by atoms with Crippen LogP contribution in [0.15, 0.2) is 11.3 Å². The molecule has 0 saturated heterocycles. The fraction of sp³-hybridized carbons (Fsp3) is 0.833. The third-order valence-corrected chi connectivity index (χ3v) is 7.27. The summed E-state index contributed by atoms with van der Waals surface area (Å²) < 4.78 is 12.1. The van der Waals surface area contributed by atoms with Crippen LogP contribution in [0.2, 0.25) is 5.54 Å². The predicted molar refractivity (Wildman–Crippen MR) is 66.0 cm³/mol. The molecule has 3 heteroatoms. The molecule has 2 nitrogen and oxygen atoms in total. The van der Waals surface area contributed by atoms with Crippen LogP contribution >= 0.6 is 0 Å². The summed E-state index contributed by atoms with van der Waals surface area (Å²) in [4.78, 5) is 0. The molecule has 0 fully saturated rings. The Balaban J connectivity index is 2.89. The Kier molecular flexibility index (Phi) is 5.03. The van der Waals surface area contributed by atoms with Gasteiger partial charge in [0, 0.05) is 18.8 Å². The molecule has 0 spiro atoms. The van der Waals surface area contributed by atoms with Gasteiger partial charge in [0.05, 0.1) is 0 Å². The lowest BCUT2D eigenvalue weighted by atomic mass is 10.4. The zero-order valence-electron chi connectivity index (χ0n) is 10.5. The second-order valence-electron chi connectivity index (χ2n) is 4.31. The summed E-state index contributed by atoms with van der Waals surface area (Å²) in [6.07, 6.45) is 6.02. The van der Waals surface area contributed by atoms with Crippen molar-refractivity contribution in [3.8, 4) is 0 Å². The van der Waals surface area contributed by atoms with Crippen LogP contribution < -0.4 is 0 Å². The van der Waals surface area contributed by atoms with Crippen LogP contribution in [0.1, 0.15) is 47.0 Å². The van der Waals surface area contributed by atoms with E-state index in [2.05, 4.69) is 33.8 Å². The first-order valence-electron chi connectivity index (χ1n) is 6.14. The smallest absolute Gasteiger partial charge is 0.370 e. The summed E-state index contributed by atoms with van der Waals surface area (Å²) in [7, 11) is -2.08. The third kappa shape index (κ3) is 2.71. The van der Waals surface area contributed by atoms with Gasteiger partial charge in [-0.25, -0.2) is 0 Å². The standard InChI is InChI=1S/C12H24O2Si/c1-5-13-15(11(3)4,14-6-2)12-9-7-8-10-12/h9,11H,5-8,10H2,1-4H3. The first kappa shape index (κ1) is 12.9.